The largest absolute Gasteiger partial charge is 1.00 e. The Labute approximate surface area is 135 Å². The van der Waals surface area contributed by atoms with Crippen LogP contribution < -0.4 is 28.5 Å². The SMILES string of the molecule is C[n+]1ccc(C=Cc2ccnc3ccccc23)cc1.[I-]. The zero-order chi connectivity index (χ0) is 13.1. The maximum absolute atomic E-state index is 4.37. The average molecular weight is 374 g/mol. The van der Waals surface area contributed by atoms with E-state index in [1.54, 1.807) is 0 Å². The number of nitrogens with zero attached hydrogens (tertiary/aromatic N) is 2. The summed E-state index contributed by atoms with van der Waals surface area (Å²) in [5, 5.41) is 1.18. The number of halogens is 1. The molecule has 3 rings (SSSR count). The molecular weight excluding hydrogens is 359 g/mol. The van der Waals surface area contributed by atoms with Crippen LogP contribution >= 0.6 is 0 Å². The molecule has 1 aromatic carbocycles. The molecule has 0 aliphatic rings. The summed E-state index contributed by atoms with van der Waals surface area (Å²) in [5.74, 6) is 0. The molecule has 0 aliphatic carbocycles. The zero-order valence-electron chi connectivity index (χ0n) is 11.2. The van der Waals surface area contributed by atoms with Gasteiger partial charge < -0.3 is 24.0 Å². The highest BCUT2D eigenvalue weighted by molar-refractivity contribution is 5.90. The molecule has 0 amide bonds. The molecular formula is C17H15IN2. The summed E-state index contributed by atoms with van der Waals surface area (Å²) >= 11 is 0. The first-order valence-corrected chi connectivity index (χ1v) is 6.30. The third kappa shape index (κ3) is 3.22. The molecule has 20 heavy (non-hydrogen) atoms. The van der Waals surface area contributed by atoms with Gasteiger partial charge in [-0.15, -0.1) is 0 Å². The Hall–Kier alpha value is -1.75. The summed E-state index contributed by atoms with van der Waals surface area (Å²) in [6, 6.07) is 14.4. The first kappa shape index (κ1) is 14.7. The molecule has 0 bridgehead atoms. The summed E-state index contributed by atoms with van der Waals surface area (Å²) in [6.07, 6.45) is 10.2. The topological polar surface area (TPSA) is 16.8 Å². The Balaban J connectivity index is 0.00000147. The quantitative estimate of drug-likeness (QED) is 0.464. The fourth-order valence-corrected chi connectivity index (χ4v) is 2.07. The summed E-state index contributed by atoms with van der Waals surface area (Å²) in [5.41, 5.74) is 3.42. The van der Waals surface area contributed by atoms with Gasteiger partial charge in [-0.3, -0.25) is 4.98 Å². The molecule has 0 N–H and O–H groups in total. The first-order valence-electron chi connectivity index (χ1n) is 6.30. The molecule has 2 heterocycles. The summed E-state index contributed by atoms with van der Waals surface area (Å²) in [7, 11) is 2.02. The van der Waals surface area contributed by atoms with E-state index >= 15 is 0 Å². The molecule has 0 fully saturated rings. The smallest absolute Gasteiger partial charge is 0.169 e. The molecule has 0 unspecified atom stereocenters. The highest BCUT2D eigenvalue weighted by atomic mass is 127. The second kappa shape index (κ2) is 6.61. The van der Waals surface area contributed by atoms with Gasteiger partial charge in [-0.25, -0.2) is 4.57 Å². The summed E-state index contributed by atoms with van der Waals surface area (Å²) in [6.45, 7) is 0. The van der Waals surface area contributed by atoms with Crippen LogP contribution in [-0.4, -0.2) is 4.98 Å². The number of aromatic nitrogens is 2. The van der Waals surface area contributed by atoms with Gasteiger partial charge in [0.1, 0.15) is 7.05 Å². The maximum atomic E-state index is 4.37. The fraction of sp³-hybridized carbons (Fsp3) is 0.0588. The van der Waals surface area contributed by atoms with Crippen LogP contribution in [0.1, 0.15) is 11.1 Å². The van der Waals surface area contributed by atoms with Crippen LogP contribution in [-0.2, 0) is 7.05 Å². The number of hydrogen-bond acceptors (Lipinski definition) is 1. The molecule has 0 saturated heterocycles. The van der Waals surface area contributed by atoms with Crippen molar-refractivity contribution in [3.8, 4) is 0 Å². The Morgan fingerprint density at radius 2 is 1.70 bits per heavy atom. The van der Waals surface area contributed by atoms with Gasteiger partial charge in [0.05, 0.1) is 5.52 Å². The van der Waals surface area contributed by atoms with E-state index in [0.29, 0.717) is 0 Å². The molecule has 3 heteroatoms. The van der Waals surface area contributed by atoms with Gasteiger partial charge in [0.2, 0.25) is 0 Å². The van der Waals surface area contributed by atoms with Crippen LogP contribution in [0.5, 0.6) is 0 Å². The van der Waals surface area contributed by atoms with Crippen LogP contribution in [0.25, 0.3) is 23.1 Å². The van der Waals surface area contributed by atoms with Gasteiger partial charge in [-0.05, 0) is 23.3 Å². The molecule has 100 valence electrons. The van der Waals surface area contributed by atoms with E-state index in [4.69, 9.17) is 0 Å². The van der Waals surface area contributed by atoms with E-state index in [1.165, 1.54) is 16.5 Å². The standard InChI is InChI=1S/C17H15N2.HI/c1-19-12-9-14(10-13-19)6-7-15-8-11-18-17-5-3-2-4-16(15)17;/h2-13H,1H3;1H/q+1;/p-1. The maximum Gasteiger partial charge on any atom is 0.169 e. The molecule has 0 saturated carbocycles. The minimum atomic E-state index is 0. The lowest BCUT2D eigenvalue weighted by atomic mass is 10.1. The molecule has 2 nitrogen and oxygen atoms in total. The third-order valence-electron chi connectivity index (χ3n) is 3.14. The normalized spacial score (nSPS) is 10.7. The Bertz CT molecular complexity index is 728. The summed E-state index contributed by atoms with van der Waals surface area (Å²) in [4.78, 5) is 4.37. The molecule has 0 aliphatic heterocycles. The van der Waals surface area contributed by atoms with Crippen molar-refractivity contribution in [1.29, 1.82) is 0 Å². The lowest BCUT2D eigenvalue weighted by Crippen LogP contribution is -3.00. The van der Waals surface area contributed by atoms with Gasteiger partial charge in [0.25, 0.3) is 0 Å². The van der Waals surface area contributed by atoms with E-state index in [0.717, 1.165) is 5.52 Å². The van der Waals surface area contributed by atoms with Crippen LogP contribution in [0, 0.1) is 0 Å². The monoisotopic (exact) mass is 374 g/mol. The molecule has 0 radical (unpaired) electrons. The second-order valence-electron chi connectivity index (χ2n) is 4.55. The lowest BCUT2D eigenvalue weighted by Gasteiger charge is -2.00. The van der Waals surface area contributed by atoms with Gasteiger partial charge in [0, 0.05) is 23.7 Å². The number of aryl methyl sites for hydroxylation is 1. The number of hydrogen-bond donors (Lipinski definition) is 0. The van der Waals surface area contributed by atoms with Gasteiger partial charge in [-0.2, -0.15) is 0 Å². The Kier molecular flexibility index (Phi) is 4.84. The number of pyridine rings is 2. The highest BCUT2D eigenvalue weighted by Crippen LogP contribution is 2.18. The van der Waals surface area contributed by atoms with Crippen LogP contribution in [0.3, 0.4) is 0 Å². The zero-order valence-corrected chi connectivity index (χ0v) is 13.4. The predicted molar refractivity (Wildman–Crippen MR) is 78.3 cm³/mol. The number of para-hydroxylation sites is 1. The fourth-order valence-electron chi connectivity index (χ4n) is 2.07. The van der Waals surface area contributed by atoms with E-state index in [1.807, 2.05) is 54.5 Å². The molecule has 0 atom stereocenters. The van der Waals surface area contributed by atoms with E-state index in [-0.39, 0.29) is 24.0 Å². The van der Waals surface area contributed by atoms with E-state index < -0.39 is 0 Å². The van der Waals surface area contributed by atoms with Crippen LogP contribution in [0.2, 0.25) is 0 Å². The van der Waals surface area contributed by atoms with E-state index in [2.05, 4.69) is 35.3 Å². The minimum Gasteiger partial charge on any atom is -1.00 e. The van der Waals surface area contributed by atoms with Crippen molar-refractivity contribution in [3.63, 3.8) is 0 Å². The first-order chi connectivity index (χ1) is 9.33. The van der Waals surface area contributed by atoms with Crippen molar-refractivity contribution in [2.45, 2.75) is 0 Å². The van der Waals surface area contributed by atoms with Gasteiger partial charge in [0.15, 0.2) is 12.4 Å². The number of fused-ring (bicyclic) bond motifs is 1. The van der Waals surface area contributed by atoms with Crippen molar-refractivity contribution in [2.24, 2.45) is 7.05 Å². The molecule has 0 spiro atoms. The van der Waals surface area contributed by atoms with Crippen molar-refractivity contribution in [2.75, 3.05) is 0 Å². The van der Waals surface area contributed by atoms with Crippen molar-refractivity contribution >= 4 is 23.1 Å². The number of benzene rings is 1. The van der Waals surface area contributed by atoms with Gasteiger partial charge in [-0.1, -0.05) is 30.4 Å². The van der Waals surface area contributed by atoms with E-state index in [9.17, 15) is 0 Å². The molecule has 3 aromatic rings. The van der Waals surface area contributed by atoms with Crippen LogP contribution in [0.15, 0.2) is 61.1 Å². The van der Waals surface area contributed by atoms with Crippen molar-refractivity contribution in [1.82, 2.24) is 4.98 Å². The number of rotatable bonds is 2. The lowest BCUT2D eigenvalue weighted by molar-refractivity contribution is -0.671. The molecule has 2 aromatic heterocycles. The second-order valence-corrected chi connectivity index (χ2v) is 4.55. The van der Waals surface area contributed by atoms with Crippen molar-refractivity contribution < 1.29 is 28.5 Å². The Morgan fingerprint density at radius 1 is 0.950 bits per heavy atom. The highest BCUT2D eigenvalue weighted by Gasteiger charge is 1.98. The predicted octanol–water partition coefficient (Wildman–Crippen LogP) is 0.234. The van der Waals surface area contributed by atoms with Gasteiger partial charge >= 0.3 is 0 Å². The Morgan fingerprint density at radius 3 is 2.50 bits per heavy atom. The third-order valence-corrected chi connectivity index (χ3v) is 3.14. The summed E-state index contributed by atoms with van der Waals surface area (Å²) < 4.78 is 2.03. The van der Waals surface area contributed by atoms with Crippen molar-refractivity contribution in [3.05, 3.63) is 72.2 Å². The van der Waals surface area contributed by atoms with Crippen LogP contribution in [0.4, 0.5) is 0 Å². The minimum absolute atomic E-state index is 0. The average Bonchev–Trinajstić information content (AvgIpc) is 2.47.